The fraction of sp³-hybridized carbons (Fsp3) is 0.308. The van der Waals surface area contributed by atoms with Crippen LogP contribution in [0.4, 0.5) is 0 Å². The van der Waals surface area contributed by atoms with Gasteiger partial charge in [0.25, 0.3) is 0 Å². The van der Waals surface area contributed by atoms with Crippen LogP contribution in [0.5, 0.6) is 0 Å². The third-order valence-corrected chi connectivity index (χ3v) is 3.88. The summed E-state index contributed by atoms with van der Waals surface area (Å²) in [6.45, 7) is 4.16. The van der Waals surface area contributed by atoms with Gasteiger partial charge in [-0.25, -0.2) is 5.43 Å². The van der Waals surface area contributed by atoms with Gasteiger partial charge >= 0.3 is 0 Å². The molecule has 4 nitrogen and oxygen atoms in total. The molecule has 1 unspecified atom stereocenters. The standard InChI is InChI=1S/C13H16BrClN4/c1-8(2)19-12(5-6-17-19)13(18-16)10-7-9(15)3-4-11(10)14/h3-8,13,18H,16H2,1-2H3. The molecule has 0 amide bonds. The van der Waals surface area contributed by atoms with Gasteiger partial charge in [0.05, 0.1) is 11.7 Å². The van der Waals surface area contributed by atoms with Gasteiger partial charge in [0.2, 0.25) is 0 Å². The molecule has 0 spiro atoms. The number of nitrogens with zero attached hydrogens (tertiary/aromatic N) is 2. The van der Waals surface area contributed by atoms with E-state index in [9.17, 15) is 0 Å². The van der Waals surface area contributed by atoms with Crippen LogP contribution in [0.1, 0.15) is 37.2 Å². The third-order valence-electron chi connectivity index (χ3n) is 2.92. The predicted molar refractivity (Wildman–Crippen MR) is 80.9 cm³/mol. The molecular formula is C13H16BrClN4. The lowest BCUT2D eigenvalue weighted by molar-refractivity contribution is 0.476. The summed E-state index contributed by atoms with van der Waals surface area (Å²) in [5.74, 6) is 5.73. The molecule has 0 radical (unpaired) electrons. The van der Waals surface area contributed by atoms with Gasteiger partial charge in [-0.1, -0.05) is 27.5 Å². The second-order valence-electron chi connectivity index (χ2n) is 4.56. The Hall–Kier alpha value is -0.880. The van der Waals surface area contributed by atoms with Crippen molar-refractivity contribution in [2.75, 3.05) is 0 Å². The Balaban J connectivity index is 2.50. The Morgan fingerprint density at radius 2 is 2.11 bits per heavy atom. The lowest BCUT2D eigenvalue weighted by atomic mass is 10.0. The smallest absolute Gasteiger partial charge is 0.0889 e. The van der Waals surface area contributed by atoms with Crippen LogP contribution in [0.3, 0.4) is 0 Å². The van der Waals surface area contributed by atoms with Gasteiger partial charge < -0.3 is 0 Å². The quantitative estimate of drug-likeness (QED) is 0.660. The van der Waals surface area contributed by atoms with Gasteiger partial charge in [0, 0.05) is 21.7 Å². The maximum Gasteiger partial charge on any atom is 0.0889 e. The minimum absolute atomic E-state index is 0.169. The highest BCUT2D eigenvalue weighted by Crippen LogP contribution is 2.31. The van der Waals surface area contributed by atoms with Gasteiger partial charge in [-0.2, -0.15) is 5.10 Å². The minimum Gasteiger partial charge on any atom is -0.271 e. The van der Waals surface area contributed by atoms with Crippen LogP contribution >= 0.6 is 27.5 Å². The third kappa shape index (κ3) is 3.00. The van der Waals surface area contributed by atoms with Crippen LogP contribution in [0.25, 0.3) is 0 Å². The number of benzene rings is 1. The minimum atomic E-state index is -0.169. The molecule has 0 fully saturated rings. The number of nitrogens with one attached hydrogen (secondary N) is 1. The van der Waals surface area contributed by atoms with E-state index < -0.39 is 0 Å². The molecule has 102 valence electrons. The number of halogens is 2. The molecule has 0 bridgehead atoms. The van der Waals surface area contributed by atoms with Crippen LogP contribution in [-0.4, -0.2) is 9.78 Å². The number of hydrogen-bond acceptors (Lipinski definition) is 3. The number of rotatable bonds is 4. The molecule has 1 aromatic heterocycles. The van der Waals surface area contributed by atoms with Crippen molar-refractivity contribution >= 4 is 27.5 Å². The second-order valence-corrected chi connectivity index (χ2v) is 5.85. The number of aromatic nitrogens is 2. The van der Waals surface area contributed by atoms with Gasteiger partial charge in [-0.05, 0) is 43.7 Å². The highest BCUT2D eigenvalue weighted by Gasteiger charge is 2.20. The van der Waals surface area contributed by atoms with Crippen LogP contribution in [-0.2, 0) is 0 Å². The van der Waals surface area contributed by atoms with Crippen LogP contribution in [0.15, 0.2) is 34.9 Å². The molecule has 0 aliphatic carbocycles. The molecule has 6 heteroatoms. The van der Waals surface area contributed by atoms with Crippen molar-refractivity contribution in [2.24, 2.45) is 5.84 Å². The molecule has 0 aliphatic heterocycles. The highest BCUT2D eigenvalue weighted by molar-refractivity contribution is 9.10. The first-order valence-electron chi connectivity index (χ1n) is 5.99. The van der Waals surface area contributed by atoms with Crippen LogP contribution in [0.2, 0.25) is 5.02 Å². The highest BCUT2D eigenvalue weighted by atomic mass is 79.9. The van der Waals surface area contributed by atoms with E-state index in [0.29, 0.717) is 5.02 Å². The van der Waals surface area contributed by atoms with E-state index >= 15 is 0 Å². The molecule has 1 heterocycles. The molecule has 0 saturated heterocycles. The van der Waals surface area contributed by atoms with Crippen LogP contribution in [0, 0.1) is 0 Å². The summed E-state index contributed by atoms with van der Waals surface area (Å²) < 4.78 is 2.90. The molecule has 19 heavy (non-hydrogen) atoms. The molecule has 1 aromatic carbocycles. The van der Waals surface area contributed by atoms with Crippen molar-refractivity contribution in [1.29, 1.82) is 0 Å². The molecule has 2 aromatic rings. The Kier molecular flexibility index (Phi) is 4.62. The maximum atomic E-state index is 6.07. The first kappa shape index (κ1) is 14.5. The molecule has 1 atom stereocenters. The van der Waals surface area contributed by atoms with E-state index in [4.69, 9.17) is 17.4 Å². The summed E-state index contributed by atoms with van der Waals surface area (Å²) in [5, 5.41) is 5.01. The van der Waals surface area contributed by atoms with E-state index in [2.05, 4.69) is 40.3 Å². The van der Waals surface area contributed by atoms with Crippen molar-refractivity contribution in [3.63, 3.8) is 0 Å². The first-order valence-corrected chi connectivity index (χ1v) is 7.16. The first-order chi connectivity index (χ1) is 9.04. The largest absolute Gasteiger partial charge is 0.271 e. The van der Waals surface area contributed by atoms with E-state index in [1.54, 1.807) is 6.20 Å². The van der Waals surface area contributed by atoms with Gasteiger partial charge in [0.1, 0.15) is 0 Å². The summed E-state index contributed by atoms with van der Waals surface area (Å²) in [6, 6.07) is 7.70. The number of hydrogen-bond donors (Lipinski definition) is 2. The Morgan fingerprint density at radius 3 is 2.74 bits per heavy atom. The second kappa shape index (κ2) is 6.05. The van der Waals surface area contributed by atoms with Crippen molar-refractivity contribution in [1.82, 2.24) is 15.2 Å². The summed E-state index contributed by atoms with van der Waals surface area (Å²) in [5.41, 5.74) is 4.82. The Morgan fingerprint density at radius 1 is 1.37 bits per heavy atom. The van der Waals surface area contributed by atoms with Crippen molar-refractivity contribution in [3.05, 3.63) is 51.2 Å². The summed E-state index contributed by atoms with van der Waals surface area (Å²) >= 11 is 9.60. The monoisotopic (exact) mass is 342 g/mol. The zero-order valence-corrected chi connectivity index (χ0v) is 13.1. The molecular weight excluding hydrogens is 328 g/mol. The molecule has 0 saturated carbocycles. The zero-order valence-electron chi connectivity index (χ0n) is 10.8. The van der Waals surface area contributed by atoms with E-state index in [0.717, 1.165) is 15.7 Å². The zero-order chi connectivity index (χ0) is 14.0. The van der Waals surface area contributed by atoms with Gasteiger partial charge in [0.15, 0.2) is 0 Å². The summed E-state index contributed by atoms with van der Waals surface area (Å²) in [6.07, 6.45) is 1.78. The van der Waals surface area contributed by atoms with Crippen molar-refractivity contribution in [2.45, 2.75) is 25.9 Å². The number of nitrogens with two attached hydrogens (primary N) is 1. The Labute approximate surface area is 126 Å². The SMILES string of the molecule is CC(C)n1nccc1C(NN)c1cc(Cl)ccc1Br. The lowest BCUT2D eigenvalue weighted by Gasteiger charge is -2.21. The number of hydrazine groups is 1. The molecule has 2 rings (SSSR count). The molecule has 3 N–H and O–H groups in total. The molecule has 0 aliphatic rings. The van der Waals surface area contributed by atoms with Gasteiger partial charge in [-0.15, -0.1) is 0 Å². The lowest BCUT2D eigenvalue weighted by Crippen LogP contribution is -2.31. The van der Waals surface area contributed by atoms with E-state index in [1.807, 2.05) is 28.9 Å². The van der Waals surface area contributed by atoms with Crippen LogP contribution < -0.4 is 11.3 Å². The maximum absolute atomic E-state index is 6.07. The summed E-state index contributed by atoms with van der Waals surface area (Å²) in [4.78, 5) is 0. The average molecular weight is 344 g/mol. The fourth-order valence-corrected chi connectivity index (χ4v) is 2.71. The van der Waals surface area contributed by atoms with Crippen molar-refractivity contribution < 1.29 is 0 Å². The predicted octanol–water partition coefficient (Wildman–Crippen LogP) is 3.43. The normalized spacial score (nSPS) is 12.9. The Bertz CT molecular complexity index is 568. The van der Waals surface area contributed by atoms with E-state index in [1.165, 1.54) is 0 Å². The van der Waals surface area contributed by atoms with Crippen molar-refractivity contribution in [3.8, 4) is 0 Å². The van der Waals surface area contributed by atoms with Gasteiger partial charge in [-0.3, -0.25) is 10.5 Å². The van der Waals surface area contributed by atoms with E-state index in [-0.39, 0.29) is 12.1 Å². The fourth-order valence-electron chi connectivity index (χ4n) is 2.05. The summed E-state index contributed by atoms with van der Waals surface area (Å²) in [7, 11) is 0. The topological polar surface area (TPSA) is 55.9 Å². The average Bonchev–Trinajstić information content (AvgIpc) is 2.84.